The van der Waals surface area contributed by atoms with Gasteiger partial charge in [-0.1, -0.05) is 43.3 Å². The summed E-state index contributed by atoms with van der Waals surface area (Å²) in [5.74, 6) is 0.899. The van der Waals surface area contributed by atoms with Crippen LogP contribution in [0.2, 0.25) is 0 Å². The fourth-order valence-electron chi connectivity index (χ4n) is 5.22. The lowest BCUT2D eigenvalue weighted by Gasteiger charge is -2.36. The minimum atomic E-state index is -0.588. The second-order valence-corrected chi connectivity index (χ2v) is 9.74. The smallest absolute Gasteiger partial charge is 0.316 e. The van der Waals surface area contributed by atoms with Gasteiger partial charge in [-0.3, -0.25) is 14.5 Å². The number of aromatic amines is 2. The molecule has 0 unspecified atom stereocenters. The molecule has 1 aliphatic rings. The summed E-state index contributed by atoms with van der Waals surface area (Å²) in [5, 5.41) is 0. The number of benzene rings is 3. The first kappa shape index (κ1) is 23.2. The molecule has 2 N–H and O–H groups in total. The summed E-state index contributed by atoms with van der Waals surface area (Å²) < 4.78 is 1.40. The van der Waals surface area contributed by atoms with Crippen molar-refractivity contribution in [3.63, 3.8) is 0 Å². The highest BCUT2D eigenvalue weighted by molar-refractivity contribution is 5.91. The molecule has 8 nitrogen and oxygen atoms in total. The van der Waals surface area contributed by atoms with Crippen LogP contribution in [0.1, 0.15) is 18.1 Å². The standard InChI is InChI=1S/C29H30N6O2/c1-3-19-7-10-21(11-8-19)27-30-22-5-4-6-25(26(22)32-27)35-15-13-34(14-16-35)18-20-9-12-24-23(17-20)31-28(36)29(37)33(24)2/h4-12,17H,3,13-16,18H2,1-2H3,(H,30,32)(H,31,36). The van der Waals surface area contributed by atoms with Crippen LogP contribution < -0.4 is 16.0 Å². The van der Waals surface area contributed by atoms with E-state index in [-0.39, 0.29) is 0 Å². The molecule has 0 saturated carbocycles. The van der Waals surface area contributed by atoms with E-state index in [1.165, 1.54) is 10.1 Å². The number of hydrogen-bond acceptors (Lipinski definition) is 5. The zero-order chi connectivity index (χ0) is 25.5. The molecule has 37 heavy (non-hydrogen) atoms. The van der Waals surface area contributed by atoms with E-state index >= 15 is 0 Å². The number of H-pyrrole nitrogens is 2. The van der Waals surface area contributed by atoms with Crippen molar-refractivity contribution in [2.75, 3.05) is 31.1 Å². The van der Waals surface area contributed by atoms with Crippen LogP contribution in [0.5, 0.6) is 0 Å². The maximum atomic E-state index is 11.9. The van der Waals surface area contributed by atoms with Crippen molar-refractivity contribution in [3.8, 4) is 11.4 Å². The molecule has 0 bridgehead atoms. The molecule has 0 atom stereocenters. The van der Waals surface area contributed by atoms with Gasteiger partial charge in [0.1, 0.15) is 11.3 Å². The summed E-state index contributed by atoms with van der Waals surface area (Å²) in [6, 6.07) is 20.9. The Labute approximate surface area is 214 Å². The zero-order valence-electron chi connectivity index (χ0n) is 21.1. The number of anilines is 1. The third-order valence-electron chi connectivity index (χ3n) is 7.42. The molecular formula is C29H30N6O2. The highest BCUT2D eigenvalue weighted by Gasteiger charge is 2.20. The van der Waals surface area contributed by atoms with Crippen LogP contribution in [0.25, 0.3) is 33.5 Å². The van der Waals surface area contributed by atoms with Gasteiger partial charge < -0.3 is 19.4 Å². The van der Waals surface area contributed by atoms with Crippen molar-refractivity contribution < 1.29 is 0 Å². The van der Waals surface area contributed by atoms with Crippen molar-refractivity contribution in [2.45, 2.75) is 19.9 Å². The van der Waals surface area contributed by atoms with Crippen molar-refractivity contribution in [1.82, 2.24) is 24.4 Å². The van der Waals surface area contributed by atoms with Gasteiger partial charge in [0.25, 0.3) is 0 Å². The minimum Gasteiger partial charge on any atom is -0.367 e. The molecule has 1 saturated heterocycles. The van der Waals surface area contributed by atoms with Gasteiger partial charge in [0.05, 0.1) is 22.2 Å². The van der Waals surface area contributed by atoms with Crippen molar-refractivity contribution in [3.05, 3.63) is 92.5 Å². The fraction of sp³-hybridized carbons (Fsp3) is 0.276. The molecule has 5 aromatic rings. The molecule has 2 aromatic heterocycles. The summed E-state index contributed by atoms with van der Waals surface area (Å²) in [7, 11) is 1.63. The van der Waals surface area contributed by atoms with Crippen molar-refractivity contribution in [2.24, 2.45) is 7.05 Å². The van der Waals surface area contributed by atoms with Gasteiger partial charge in [-0.2, -0.15) is 0 Å². The largest absolute Gasteiger partial charge is 0.367 e. The van der Waals surface area contributed by atoms with Crippen LogP contribution >= 0.6 is 0 Å². The molecule has 3 aromatic carbocycles. The third-order valence-corrected chi connectivity index (χ3v) is 7.42. The normalized spacial score (nSPS) is 14.6. The van der Waals surface area contributed by atoms with E-state index in [1.54, 1.807) is 7.05 Å². The molecule has 8 heteroatoms. The average Bonchev–Trinajstić information content (AvgIpc) is 3.37. The number of rotatable bonds is 5. The highest BCUT2D eigenvalue weighted by Crippen LogP contribution is 2.29. The van der Waals surface area contributed by atoms with Crippen molar-refractivity contribution in [1.29, 1.82) is 0 Å². The van der Waals surface area contributed by atoms with Crippen LogP contribution in [0.4, 0.5) is 5.69 Å². The lowest BCUT2D eigenvalue weighted by Crippen LogP contribution is -2.46. The molecule has 1 fully saturated rings. The zero-order valence-corrected chi connectivity index (χ0v) is 21.1. The van der Waals surface area contributed by atoms with Crippen LogP contribution in [-0.2, 0) is 20.0 Å². The van der Waals surface area contributed by atoms with Crippen LogP contribution in [-0.4, -0.2) is 50.6 Å². The van der Waals surface area contributed by atoms with Crippen LogP contribution in [0, 0.1) is 0 Å². The number of nitrogens with one attached hydrogen (secondary N) is 2. The summed E-state index contributed by atoms with van der Waals surface area (Å²) in [6.07, 6.45) is 1.03. The monoisotopic (exact) mass is 494 g/mol. The number of imidazole rings is 1. The molecule has 0 spiro atoms. The minimum absolute atomic E-state index is 0.537. The predicted octanol–water partition coefficient (Wildman–Crippen LogP) is 3.65. The quantitative estimate of drug-likeness (QED) is 0.364. The average molecular weight is 495 g/mol. The lowest BCUT2D eigenvalue weighted by molar-refractivity contribution is 0.250. The van der Waals surface area contributed by atoms with Gasteiger partial charge in [-0.05, 0) is 41.8 Å². The fourth-order valence-corrected chi connectivity index (χ4v) is 5.22. The van der Waals surface area contributed by atoms with E-state index in [4.69, 9.17) is 4.98 Å². The predicted molar refractivity (Wildman–Crippen MR) is 148 cm³/mol. The SMILES string of the molecule is CCc1ccc(-c2nc3c(N4CCN(Cc5ccc6c(c5)[nH]c(=O)c(=O)n6C)CC4)cccc3[nH]2)cc1. The lowest BCUT2D eigenvalue weighted by atomic mass is 10.1. The first-order valence-electron chi connectivity index (χ1n) is 12.8. The maximum absolute atomic E-state index is 11.9. The van der Waals surface area contributed by atoms with Gasteiger partial charge in [-0.25, -0.2) is 4.98 Å². The van der Waals surface area contributed by atoms with Gasteiger partial charge in [0.15, 0.2) is 0 Å². The molecule has 0 aliphatic carbocycles. The number of aryl methyl sites for hydroxylation is 2. The number of nitrogens with zero attached hydrogens (tertiary/aromatic N) is 4. The van der Waals surface area contributed by atoms with E-state index in [0.717, 1.165) is 78.3 Å². The van der Waals surface area contributed by atoms with Gasteiger partial charge >= 0.3 is 11.1 Å². The van der Waals surface area contributed by atoms with Gasteiger partial charge in [0, 0.05) is 45.3 Å². The molecule has 6 rings (SSSR count). The Hall–Kier alpha value is -4.17. The van der Waals surface area contributed by atoms with E-state index < -0.39 is 11.1 Å². The Balaban J connectivity index is 1.18. The highest BCUT2D eigenvalue weighted by atomic mass is 16.2. The Morgan fingerprint density at radius 3 is 2.38 bits per heavy atom. The van der Waals surface area contributed by atoms with E-state index in [2.05, 4.69) is 69.2 Å². The first-order valence-corrected chi connectivity index (χ1v) is 12.8. The number of para-hydroxylation sites is 1. The summed E-state index contributed by atoms with van der Waals surface area (Å²) in [4.78, 5) is 39.9. The van der Waals surface area contributed by atoms with Crippen LogP contribution in [0.15, 0.2) is 70.3 Å². The number of fused-ring (bicyclic) bond motifs is 2. The molecule has 3 heterocycles. The van der Waals surface area contributed by atoms with Crippen molar-refractivity contribution >= 4 is 27.8 Å². The summed E-state index contributed by atoms with van der Waals surface area (Å²) >= 11 is 0. The maximum Gasteiger partial charge on any atom is 0.316 e. The van der Waals surface area contributed by atoms with E-state index in [1.807, 2.05) is 18.2 Å². The third kappa shape index (κ3) is 4.34. The molecule has 0 radical (unpaired) electrons. The Kier molecular flexibility index (Phi) is 5.88. The van der Waals surface area contributed by atoms with Crippen LogP contribution in [0.3, 0.4) is 0 Å². The van der Waals surface area contributed by atoms with Gasteiger partial charge in [-0.15, -0.1) is 0 Å². The second kappa shape index (κ2) is 9.37. The molecule has 188 valence electrons. The summed E-state index contributed by atoms with van der Waals surface area (Å²) in [6.45, 7) is 6.62. The molecular weight excluding hydrogens is 464 g/mol. The first-order chi connectivity index (χ1) is 18.0. The van der Waals surface area contributed by atoms with E-state index in [9.17, 15) is 9.59 Å². The number of aromatic nitrogens is 4. The Morgan fingerprint density at radius 1 is 0.865 bits per heavy atom. The van der Waals surface area contributed by atoms with Gasteiger partial charge in [0.2, 0.25) is 0 Å². The topological polar surface area (TPSA) is 90.0 Å². The molecule has 1 aliphatic heterocycles. The number of piperazine rings is 1. The second-order valence-electron chi connectivity index (χ2n) is 9.74. The Morgan fingerprint density at radius 2 is 1.62 bits per heavy atom. The van der Waals surface area contributed by atoms with E-state index in [0.29, 0.717) is 5.52 Å². The number of hydrogen-bond donors (Lipinski definition) is 2. The molecule has 0 amide bonds. The Bertz CT molecular complexity index is 1710. The summed E-state index contributed by atoms with van der Waals surface area (Å²) in [5.41, 5.74) is 7.04.